The minimum atomic E-state index is -3.82. The van der Waals surface area contributed by atoms with E-state index in [1.165, 1.54) is 31.2 Å². The Balaban J connectivity index is 1.55. The molecule has 3 amide bonds. The van der Waals surface area contributed by atoms with Crippen molar-refractivity contribution in [1.29, 1.82) is 0 Å². The highest BCUT2D eigenvalue weighted by atomic mass is 32.2. The zero-order chi connectivity index (χ0) is 23.1. The molecule has 3 rings (SSSR count). The topological polar surface area (TPSA) is 125 Å². The summed E-state index contributed by atoms with van der Waals surface area (Å²) in [5.74, 6) is -1.29. The highest BCUT2D eigenvalue weighted by Gasteiger charge is 2.26. The summed E-state index contributed by atoms with van der Waals surface area (Å²) in [5, 5.41) is 0. The van der Waals surface area contributed by atoms with Gasteiger partial charge in [-0.3, -0.25) is 25.2 Å². The Kier molecular flexibility index (Phi) is 7.60. The number of carbonyl (C=O) groups excluding carboxylic acids is 3. The number of benzene rings is 2. The monoisotopic (exact) mass is 458 g/mol. The molecule has 3 N–H and O–H groups in total. The van der Waals surface area contributed by atoms with Crippen molar-refractivity contribution in [2.24, 2.45) is 5.92 Å². The van der Waals surface area contributed by atoms with Gasteiger partial charge in [0, 0.05) is 38.0 Å². The summed E-state index contributed by atoms with van der Waals surface area (Å²) in [7, 11) is -3.82. The van der Waals surface area contributed by atoms with Gasteiger partial charge in [-0.15, -0.1) is 0 Å². The Labute approximate surface area is 187 Å². The first kappa shape index (κ1) is 23.4. The lowest BCUT2D eigenvalue weighted by Crippen LogP contribution is -2.48. The minimum Gasteiger partial charge on any atom is -0.343 e. The first-order valence-electron chi connectivity index (χ1n) is 10.3. The second kappa shape index (κ2) is 10.4. The minimum absolute atomic E-state index is 0.0229. The molecule has 0 aliphatic carbocycles. The molecule has 0 spiro atoms. The third-order valence-electron chi connectivity index (χ3n) is 5.33. The smallest absolute Gasteiger partial charge is 0.269 e. The van der Waals surface area contributed by atoms with Crippen LogP contribution in [-0.4, -0.2) is 44.1 Å². The van der Waals surface area contributed by atoms with Crippen molar-refractivity contribution in [1.82, 2.24) is 20.5 Å². The molecule has 10 heteroatoms. The summed E-state index contributed by atoms with van der Waals surface area (Å²) >= 11 is 0. The van der Waals surface area contributed by atoms with E-state index < -0.39 is 15.9 Å². The normalized spacial score (nSPS) is 14.6. The van der Waals surface area contributed by atoms with E-state index in [1.54, 1.807) is 17.0 Å². The van der Waals surface area contributed by atoms with Crippen LogP contribution in [0.3, 0.4) is 0 Å². The predicted molar refractivity (Wildman–Crippen MR) is 117 cm³/mol. The Morgan fingerprint density at radius 2 is 1.66 bits per heavy atom. The van der Waals surface area contributed by atoms with Crippen molar-refractivity contribution in [2.75, 3.05) is 13.1 Å². The van der Waals surface area contributed by atoms with Crippen molar-refractivity contribution in [3.63, 3.8) is 0 Å². The maximum absolute atomic E-state index is 12.6. The molecule has 0 unspecified atom stereocenters. The van der Waals surface area contributed by atoms with Crippen molar-refractivity contribution >= 4 is 27.7 Å². The van der Waals surface area contributed by atoms with Crippen LogP contribution in [0.1, 0.15) is 35.7 Å². The van der Waals surface area contributed by atoms with Gasteiger partial charge in [0.05, 0.1) is 4.90 Å². The average Bonchev–Trinajstić information content (AvgIpc) is 2.82. The lowest BCUT2D eigenvalue weighted by Gasteiger charge is -2.30. The number of hydrazine groups is 1. The maximum Gasteiger partial charge on any atom is 0.269 e. The number of nitrogens with zero attached hydrogens (tertiary/aromatic N) is 1. The average molecular weight is 459 g/mol. The van der Waals surface area contributed by atoms with Crippen LogP contribution in [0.25, 0.3) is 0 Å². The fourth-order valence-electron chi connectivity index (χ4n) is 3.41. The molecule has 32 heavy (non-hydrogen) atoms. The molecule has 0 bridgehead atoms. The van der Waals surface area contributed by atoms with Crippen molar-refractivity contribution in [2.45, 2.75) is 31.2 Å². The van der Waals surface area contributed by atoms with Crippen LogP contribution in [-0.2, 0) is 26.2 Å². The van der Waals surface area contributed by atoms with Gasteiger partial charge >= 0.3 is 0 Å². The zero-order valence-corrected chi connectivity index (χ0v) is 18.5. The molecule has 1 saturated heterocycles. The molecule has 2 aromatic carbocycles. The Morgan fingerprint density at radius 1 is 0.969 bits per heavy atom. The van der Waals surface area contributed by atoms with Gasteiger partial charge in [-0.1, -0.05) is 36.4 Å². The van der Waals surface area contributed by atoms with Crippen LogP contribution in [0.4, 0.5) is 0 Å². The molecular weight excluding hydrogens is 432 g/mol. The molecule has 0 atom stereocenters. The second-order valence-electron chi connectivity index (χ2n) is 7.56. The summed E-state index contributed by atoms with van der Waals surface area (Å²) in [6.45, 7) is 2.61. The van der Waals surface area contributed by atoms with Crippen molar-refractivity contribution in [3.05, 3.63) is 65.7 Å². The molecule has 9 nitrogen and oxygen atoms in total. The first-order chi connectivity index (χ1) is 15.3. The van der Waals surface area contributed by atoms with Gasteiger partial charge < -0.3 is 4.90 Å². The molecule has 1 fully saturated rings. The van der Waals surface area contributed by atoms with Crippen LogP contribution < -0.4 is 15.6 Å². The zero-order valence-electron chi connectivity index (χ0n) is 17.7. The summed E-state index contributed by atoms with van der Waals surface area (Å²) in [4.78, 5) is 37.8. The maximum atomic E-state index is 12.6. The molecule has 1 heterocycles. The summed E-state index contributed by atoms with van der Waals surface area (Å²) in [6.07, 6.45) is 1.03. The lowest BCUT2D eigenvalue weighted by molar-refractivity contribution is -0.134. The van der Waals surface area contributed by atoms with Crippen molar-refractivity contribution in [3.8, 4) is 0 Å². The number of hydrogen-bond donors (Lipinski definition) is 3. The van der Waals surface area contributed by atoms with Crippen LogP contribution in [0, 0.1) is 5.92 Å². The number of carbonyl (C=O) groups is 3. The number of nitrogens with one attached hydrogen (secondary N) is 3. The van der Waals surface area contributed by atoms with Crippen LogP contribution in [0.5, 0.6) is 0 Å². The molecule has 0 radical (unpaired) electrons. The molecule has 170 valence electrons. The van der Waals surface area contributed by atoms with E-state index in [0.29, 0.717) is 25.9 Å². The molecule has 1 aliphatic rings. The van der Waals surface area contributed by atoms with E-state index in [-0.39, 0.29) is 34.7 Å². The van der Waals surface area contributed by atoms with Gasteiger partial charge in [0.25, 0.3) is 5.91 Å². The van der Waals surface area contributed by atoms with E-state index in [2.05, 4.69) is 15.6 Å². The fraction of sp³-hybridized carbons (Fsp3) is 0.318. The van der Waals surface area contributed by atoms with Gasteiger partial charge in [0.15, 0.2) is 0 Å². The third-order valence-corrected chi connectivity index (χ3v) is 6.72. The Hall–Kier alpha value is -3.24. The van der Waals surface area contributed by atoms with Gasteiger partial charge in [-0.25, -0.2) is 13.1 Å². The van der Waals surface area contributed by atoms with E-state index in [1.807, 2.05) is 18.2 Å². The second-order valence-corrected chi connectivity index (χ2v) is 9.33. The van der Waals surface area contributed by atoms with E-state index >= 15 is 0 Å². The Morgan fingerprint density at radius 3 is 2.31 bits per heavy atom. The lowest BCUT2D eigenvalue weighted by atomic mass is 9.96. The summed E-state index contributed by atoms with van der Waals surface area (Å²) < 4.78 is 27.7. The fourth-order valence-corrected chi connectivity index (χ4v) is 4.47. The number of likely N-dealkylation sites (tertiary alicyclic amines) is 1. The van der Waals surface area contributed by atoms with Crippen LogP contribution in [0.15, 0.2) is 59.5 Å². The first-order valence-corrected chi connectivity index (χ1v) is 11.7. The largest absolute Gasteiger partial charge is 0.343 e. The van der Waals surface area contributed by atoms with Crippen LogP contribution in [0.2, 0.25) is 0 Å². The Bertz CT molecular complexity index is 1080. The summed E-state index contributed by atoms with van der Waals surface area (Å²) in [6, 6.07) is 14.6. The van der Waals surface area contributed by atoms with Crippen LogP contribution >= 0.6 is 0 Å². The highest BCUT2D eigenvalue weighted by Crippen LogP contribution is 2.17. The molecule has 1 aliphatic heterocycles. The number of piperidine rings is 1. The van der Waals surface area contributed by atoms with Gasteiger partial charge in [0.1, 0.15) is 0 Å². The molecular formula is C22H26N4O5S. The highest BCUT2D eigenvalue weighted by molar-refractivity contribution is 7.89. The summed E-state index contributed by atoms with van der Waals surface area (Å²) in [5.41, 5.74) is 5.63. The van der Waals surface area contributed by atoms with E-state index in [9.17, 15) is 22.8 Å². The quantitative estimate of drug-likeness (QED) is 0.561. The van der Waals surface area contributed by atoms with Crippen molar-refractivity contribution < 1.29 is 22.8 Å². The number of amides is 3. The van der Waals surface area contributed by atoms with Gasteiger partial charge in [-0.05, 0) is 36.6 Å². The predicted octanol–water partition coefficient (Wildman–Crippen LogP) is 1.18. The standard InChI is InChI=1S/C22H26N4O5S/c1-16(27)26-12-10-18(11-13-26)21(28)24-25-22(29)19-8-5-9-20(14-19)32(30,31)23-15-17-6-3-2-4-7-17/h2-9,14,18,23H,10-13,15H2,1H3,(H,24,28)(H,25,29). The molecule has 2 aromatic rings. The number of sulfonamides is 1. The molecule has 0 aromatic heterocycles. The third kappa shape index (κ3) is 6.14. The number of rotatable bonds is 6. The van der Waals surface area contributed by atoms with Gasteiger partial charge in [-0.2, -0.15) is 0 Å². The SMILES string of the molecule is CC(=O)N1CCC(C(=O)NNC(=O)c2cccc(S(=O)(=O)NCc3ccccc3)c2)CC1. The van der Waals surface area contributed by atoms with E-state index in [0.717, 1.165) is 5.56 Å². The van der Waals surface area contributed by atoms with E-state index in [4.69, 9.17) is 0 Å². The number of hydrogen-bond acceptors (Lipinski definition) is 5. The van der Waals surface area contributed by atoms with Gasteiger partial charge in [0.2, 0.25) is 21.8 Å². The molecule has 0 saturated carbocycles.